The molecule has 2 aromatic heterocycles. The summed E-state index contributed by atoms with van der Waals surface area (Å²) >= 11 is 0. The first-order chi connectivity index (χ1) is 18.6. The molecule has 0 aliphatic carbocycles. The van der Waals surface area contributed by atoms with Crippen LogP contribution in [0.4, 0.5) is 5.69 Å². The van der Waals surface area contributed by atoms with Crippen molar-refractivity contribution in [3.8, 4) is 0 Å². The van der Waals surface area contributed by atoms with Crippen LogP contribution >= 0.6 is 0 Å². The molecule has 2 N–H and O–H groups in total. The minimum absolute atomic E-state index is 0.108. The first-order valence-electron chi connectivity index (χ1n) is 13.4. The molecule has 0 aliphatic rings. The lowest BCUT2D eigenvalue weighted by Gasteiger charge is -2.21. The number of hydrogen-bond donors (Lipinski definition) is 2. The van der Waals surface area contributed by atoms with Gasteiger partial charge in [-0.15, -0.1) is 0 Å². The third-order valence-electron chi connectivity index (χ3n) is 6.36. The molecule has 2 aromatic carbocycles. The Kier molecular flexibility index (Phi) is 10.2. The summed E-state index contributed by atoms with van der Waals surface area (Å²) in [4.78, 5) is 29.7. The fraction of sp³-hybridized carbons (Fsp3) is 0.323. The lowest BCUT2D eigenvalue weighted by molar-refractivity contribution is 0.102. The average Bonchev–Trinajstić information content (AvgIpc) is 3.44. The van der Waals surface area contributed by atoms with E-state index in [1.165, 1.54) is 5.56 Å². The van der Waals surface area contributed by atoms with E-state index in [0.717, 1.165) is 55.2 Å². The van der Waals surface area contributed by atoms with Crippen LogP contribution in [0.2, 0.25) is 0 Å². The Bertz CT molecular complexity index is 1220. The Hall–Kier alpha value is -3.81. The van der Waals surface area contributed by atoms with Gasteiger partial charge in [0, 0.05) is 49.5 Å². The van der Waals surface area contributed by atoms with Crippen molar-refractivity contribution < 1.29 is 4.79 Å². The van der Waals surface area contributed by atoms with Crippen LogP contribution in [-0.4, -0.2) is 43.7 Å². The first kappa shape index (κ1) is 27.2. The van der Waals surface area contributed by atoms with Crippen LogP contribution < -0.4 is 5.32 Å². The molecule has 0 aliphatic heterocycles. The standard InChI is InChI=1S/C31H38N6O/c1-3-19-36(20-4-2)21-26-10-14-28(15-11-26)35-31(38)27-12-8-25(9-13-27)22-37(24-30-33-17-18-34-30)23-29-7-5-6-16-32-29/h5-18H,3-4,19-24H2,1-2H3,(H,33,34)(H,35,38). The molecule has 4 aromatic rings. The van der Waals surface area contributed by atoms with Gasteiger partial charge in [0.15, 0.2) is 0 Å². The minimum Gasteiger partial charge on any atom is -0.348 e. The molecule has 0 radical (unpaired) electrons. The molecule has 7 heteroatoms. The van der Waals surface area contributed by atoms with E-state index < -0.39 is 0 Å². The van der Waals surface area contributed by atoms with Gasteiger partial charge in [0.2, 0.25) is 0 Å². The lowest BCUT2D eigenvalue weighted by Crippen LogP contribution is -2.24. The third kappa shape index (κ3) is 8.36. The van der Waals surface area contributed by atoms with Crippen molar-refractivity contribution in [2.45, 2.75) is 52.9 Å². The molecular formula is C31H38N6O. The largest absolute Gasteiger partial charge is 0.348 e. The van der Waals surface area contributed by atoms with E-state index in [1.54, 1.807) is 6.20 Å². The first-order valence-corrected chi connectivity index (χ1v) is 13.4. The molecule has 0 unspecified atom stereocenters. The molecule has 0 saturated heterocycles. The number of imidazole rings is 1. The highest BCUT2D eigenvalue weighted by Crippen LogP contribution is 2.16. The monoisotopic (exact) mass is 510 g/mol. The quantitative estimate of drug-likeness (QED) is 0.221. The van der Waals surface area contributed by atoms with Gasteiger partial charge in [0.25, 0.3) is 5.91 Å². The molecule has 0 atom stereocenters. The zero-order valence-corrected chi connectivity index (χ0v) is 22.4. The Morgan fingerprint density at radius 2 is 1.45 bits per heavy atom. The molecule has 0 fully saturated rings. The molecular weight excluding hydrogens is 472 g/mol. The highest BCUT2D eigenvalue weighted by atomic mass is 16.1. The van der Waals surface area contributed by atoms with Crippen LogP contribution in [-0.2, 0) is 26.2 Å². The second-order valence-electron chi connectivity index (χ2n) is 9.63. The number of H-pyrrole nitrogens is 1. The summed E-state index contributed by atoms with van der Waals surface area (Å²) in [5.41, 5.74) is 4.83. The maximum Gasteiger partial charge on any atom is 0.255 e. The van der Waals surface area contributed by atoms with Crippen molar-refractivity contribution >= 4 is 11.6 Å². The van der Waals surface area contributed by atoms with Crippen molar-refractivity contribution in [2.75, 3.05) is 18.4 Å². The van der Waals surface area contributed by atoms with E-state index >= 15 is 0 Å². The Balaban J connectivity index is 1.35. The predicted molar refractivity (Wildman–Crippen MR) is 152 cm³/mol. The van der Waals surface area contributed by atoms with Gasteiger partial charge in [-0.2, -0.15) is 0 Å². The number of rotatable bonds is 14. The Morgan fingerprint density at radius 1 is 0.763 bits per heavy atom. The fourth-order valence-electron chi connectivity index (χ4n) is 4.56. The van der Waals surface area contributed by atoms with Gasteiger partial charge in [0.1, 0.15) is 5.82 Å². The van der Waals surface area contributed by atoms with Crippen LogP contribution in [0.3, 0.4) is 0 Å². The van der Waals surface area contributed by atoms with Crippen LogP contribution in [0.1, 0.15) is 59.7 Å². The van der Waals surface area contributed by atoms with Crippen LogP contribution in [0.5, 0.6) is 0 Å². The number of benzene rings is 2. The number of aromatic amines is 1. The number of carbonyl (C=O) groups excluding carboxylic acids is 1. The molecule has 0 spiro atoms. The molecule has 4 rings (SSSR count). The second-order valence-corrected chi connectivity index (χ2v) is 9.63. The van der Waals surface area contributed by atoms with E-state index in [2.05, 4.69) is 56.0 Å². The van der Waals surface area contributed by atoms with Crippen molar-refractivity contribution in [1.82, 2.24) is 24.8 Å². The van der Waals surface area contributed by atoms with Gasteiger partial charge in [-0.25, -0.2) is 4.98 Å². The number of amides is 1. The Morgan fingerprint density at radius 3 is 2.05 bits per heavy atom. The summed E-state index contributed by atoms with van der Waals surface area (Å²) in [6.07, 6.45) is 7.72. The number of aromatic nitrogens is 3. The third-order valence-corrected chi connectivity index (χ3v) is 6.36. The van der Waals surface area contributed by atoms with E-state index in [4.69, 9.17) is 0 Å². The minimum atomic E-state index is -0.108. The van der Waals surface area contributed by atoms with Gasteiger partial charge in [0.05, 0.1) is 12.2 Å². The molecule has 7 nitrogen and oxygen atoms in total. The smallest absolute Gasteiger partial charge is 0.255 e. The molecule has 0 bridgehead atoms. The molecule has 0 saturated carbocycles. The van der Waals surface area contributed by atoms with E-state index in [-0.39, 0.29) is 5.91 Å². The van der Waals surface area contributed by atoms with Crippen molar-refractivity contribution in [1.29, 1.82) is 0 Å². The number of pyridine rings is 1. The average molecular weight is 511 g/mol. The normalized spacial score (nSPS) is 11.3. The van der Waals surface area contributed by atoms with Crippen molar-refractivity contribution in [2.24, 2.45) is 0 Å². The molecule has 2 heterocycles. The van der Waals surface area contributed by atoms with E-state index in [0.29, 0.717) is 25.2 Å². The molecule has 1 amide bonds. The van der Waals surface area contributed by atoms with E-state index in [9.17, 15) is 4.79 Å². The number of hydrogen-bond acceptors (Lipinski definition) is 5. The second kappa shape index (κ2) is 14.2. The van der Waals surface area contributed by atoms with E-state index in [1.807, 2.05) is 67.0 Å². The fourth-order valence-corrected chi connectivity index (χ4v) is 4.56. The van der Waals surface area contributed by atoms with Crippen LogP contribution in [0.15, 0.2) is 85.3 Å². The maximum atomic E-state index is 12.9. The highest BCUT2D eigenvalue weighted by molar-refractivity contribution is 6.04. The van der Waals surface area contributed by atoms with Crippen molar-refractivity contribution in [3.63, 3.8) is 0 Å². The predicted octanol–water partition coefficient (Wildman–Crippen LogP) is 5.88. The highest BCUT2D eigenvalue weighted by Gasteiger charge is 2.12. The summed E-state index contributed by atoms with van der Waals surface area (Å²) in [6, 6.07) is 21.9. The topological polar surface area (TPSA) is 77.2 Å². The van der Waals surface area contributed by atoms with Gasteiger partial charge < -0.3 is 10.3 Å². The Labute approximate surface area is 225 Å². The summed E-state index contributed by atoms with van der Waals surface area (Å²) in [6.45, 7) is 9.67. The summed E-state index contributed by atoms with van der Waals surface area (Å²) in [5.74, 6) is 0.801. The zero-order valence-electron chi connectivity index (χ0n) is 22.4. The van der Waals surface area contributed by atoms with Gasteiger partial charge in [-0.05, 0) is 73.5 Å². The SMILES string of the molecule is CCCN(CCC)Cc1ccc(NC(=O)c2ccc(CN(Cc3ccccn3)Cc3ncc[nH]3)cc2)cc1. The number of nitrogens with one attached hydrogen (secondary N) is 2. The van der Waals surface area contributed by atoms with Crippen LogP contribution in [0.25, 0.3) is 0 Å². The summed E-state index contributed by atoms with van der Waals surface area (Å²) in [7, 11) is 0. The summed E-state index contributed by atoms with van der Waals surface area (Å²) < 4.78 is 0. The summed E-state index contributed by atoms with van der Waals surface area (Å²) in [5, 5.41) is 3.03. The molecule has 38 heavy (non-hydrogen) atoms. The van der Waals surface area contributed by atoms with Crippen molar-refractivity contribution in [3.05, 3.63) is 114 Å². The number of carbonyl (C=O) groups is 1. The van der Waals surface area contributed by atoms with Crippen LogP contribution in [0, 0.1) is 0 Å². The lowest BCUT2D eigenvalue weighted by atomic mass is 10.1. The molecule has 198 valence electrons. The van der Waals surface area contributed by atoms with Gasteiger partial charge >= 0.3 is 0 Å². The maximum absolute atomic E-state index is 12.9. The number of anilines is 1. The zero-order chi connectivity index (χ0) is 26.6. The number of nitrogens with zero attached hydrogens (tertiary/aromatic N) is 4. The van der Waals surface area contributed by atoms with Gasteiger partial charge in [-0.3, -0.25) is 19.6 Å². The van der Waals surface area contributed by atoms with Gasteiger partial charge in [-0.1, -0.05) is 44.2 Å².